The van der Waals surface area contributed by atoms with Gasteiger partial charge in [-0.05, 0) is 12.8 Å². The maximum atomic E-state index is 12.2. The third-order valence-electron chi connectivity index (χ3n) is 3.73. The summed E-state index contributed by atoms with van der Waals surface area (Å²) in [5, 5.41) is 3.98. The molecule has 2 aromatic rings. The number of carbonyl (C=O) groups is 1. The first-order valence-corrected chi connectivity index (χ1v) is 8.34. The van der Waals surface area contributed by atoms with E-state index >= 15 is 0 Å². The minimum atomic E-state index is -0.137. The van der Waals surface area contributed by atoms with Crippen molar-refractivity contribution in [3.05, 3.63) is 40.9 Å². The number of carbonyl (C=O) groups excluding carboxylic acids is 1. The van der Waals surface area contributed by atoms with Gasteiger partial charge in [-0.2, -0.15) is 0 Å². The third kappa shape index (κ3) is 3.93. The standard InChI is InChI=1S/C17H23N3OS/c1-11(2)14(9-18)16(21)19-10-15-12(3)20-17(22-15)13-7-5-4-6-8-13/h4-8,11,14H,9-10,18H2,1-3H3,(H,19,21). The Balaban J connectivity index is 2.05. The number of hydrogen-bond acceptors (Lipinski definition) is 4. The van der Waals surface area contributed by atoms with Crippen LogP contribution >= 0.6 is 11.3 Å². The van der Waals surface area contributed by atoms with Gasteiger partial charge in [-0.15, -0.1) is 11.3 Å². The van der Waals surface area contributed by atoms with Crippen LogP contribution in [0.2, 0.25) is 0 Å². The van der Waals surface area contributed by atoms with Crippen molar-refractivity contribution in [1.29, 1.82) is 0 Å². The molecule has 0 radical (unpaired) electrons. The highest BCUT2D eigenvalue weighted by Gasteiger charge is 2.20. The number of thiazole rings is 1. The van der Waals surface area contributed by atoms with Crippen LogP contribution in [0.3, 0.4) is 0 Å². The van der Waals surface area contributed by atoms with Gasteiger partial charge in [-0.3, -0.25) is 4.79 Å². The summed E-state index contributed by atoms with van der Waals surface area (Å²) in [6, 6.07) is 10.1. The highest BCUT2D eigenvalue weighted by Crippen LogP contribution is 2.27. The molecular weight excluding hydrogens is 294 g/mol. The smallest absolute Gasteiger partial charge is 0.224 e. The summed E-state index contributed by atoms with van der Waals surface area (Å²) in [7, 11) is 0. The van der Waals surface area contributed by atoms with E-state index in [-0.39, 0.29) is 17.7 Å². The van der Waals surface area contributed by atoms with Crippen LogP contribution in [0.25, 0.3) is 10.6 Å². The van der Waals surface area contributed by atoms with Gasteiger partial charge in [0.15, 0.2) is 0 Å². The first-order chi connectivity index (χ1) is 10.5. The van der Waals surface area contributed by atoms with Crippen LogP contribution in [0.1, 0.15) is 24.4 Å². The van der Waals surface area contributed by atoms with Crippen LogP contribution in [0.5, 0.6) is 0 Å². The van der Waals surface area contributed by atoms with Gasteiger partial charge < -0.3 is 11.1 Å². The second-order valence-corrected chi connectivity index (χ2v) is 6.78. The van der Waals surface area contributed by atoms with Crippen LogP contribution in [-0.4, -0.2) is 17.4 Å². The van der Waals surface area contributed by atoms with Crippen molar-refractivity contribution in [3.63, 3.8) is 0 Å². The first kappa shape index (κ1) is 16.6. The number of benzene rings is 1. The Bertz CT molecular complexity index is 622. The lowest BCUT2D eigenvalue weighted by Crippen LogP contribution is -2.37. The molecule has 0 bridgehead atoms. The number of rotatable bonds is 6. The van der Waals surface area contributed by atoms with Crippen LogP contribution in [-0.2, 0) is 11.3 Å². The van der Waals surface area contributed by atoms with E-state index in [1.54, 1.807) is 11.3 Å². The van der Waals surface area contributed by atoms with Gasteiger partial charge in [0, 0.05) is 17.0 Å². The number of amides is 1. The predicted octanol–water partition coefficient (Wildman–Crippen LogP) is 2.97. The fourth-order valence-electron chi connectivity index (χ4n) is 2.28. The molecule has 0 aliphatic rings. The van der Waals surface area contributed by atoms with Gasteiger partial charge in [0.1, 0.15) is 5.01 Å². The molecule has 1 atom stereocenters. The monoisotopic (exact) mass is 317 g/mol. The van der Waals surface area contributed by atoms with E-state index in [9.17, 15) is 4.79 Å². The largest absolute Gasteiger partial charge is 0.351 e. The summed E-state index contributed by atoms with van der Waals surface area (Å²) in [6.07, 6.45) is 0. The van der Waals surface area contributed by atoms with Crippen LogP contribution in [0, 0.1) is 18.8 Å². The molecule has 1 aromatic heterocycles. The Morgan fingerprint density at radius 3 is 2.59 bits per heavy atom. The van der Waals surface area contributed by atoms with Crippen molar-refractivity contribution in [3.8, 4) is 10.6 Å². The first-order valence-electron chi connectivity index (χ1n) is 7.52. The molecule has 0 saturated heterocycles. The molecular formula is C17H23N3OS. The van der Waals surface area contributed by atoms with Gasteiger partial charge in [-0.1, -0.05) is 44.2 Å². The van der Waals surface area contributed by atoms with E-state index < -0.39 is 0 Å². The minimum absolute atomic E-state index is 0.0200. The maximum absolute atomic E-state index is 12.2. The van der Waals surface area contributed by atoms with E-state index in [1.807, 2.05) is 51.1 Å². The second kappa shape index (κ2) is 7.51. The van der Waals surface area contributed by atoms with E-state index in [2.05, 4.69) is 10.3 Å². The van der Waals surface area contributed by atoms with Crippen molar-refractivity contribution in [1.82, 2.24) is 10.3 Å². The third-order valence-corrected chi connectivity index (χ3v) is 4.94. The molecule has 4 nitrogen and oxygen atoms in total. The second-order valence-electron chi connectivity index (χ2n) is 5.70. The zero-order valence-electron chi connectivity index (χ0n) is 13.3. The zero-order valence-corrected chi connectivity index (χ0v) is 14.1. The molecule has 0 saturated carbocycles. The van der Waals surface area contributed by atoms with Crippen molar-refractivity contribution < 1.29 is 4.79 Å². The van der Waals surface area contributed by atoms with E-state index in [1.165, 1.54) is 0 Å². The normalized spacial score (nSPS) is 12.4. The van der Waals surface area contributed by atoms with Crippen LogP contribution in [0.4, 0.5) is 0 Å². The molecule has 5 heteroatoms. The molecule has 0 aliphatic heterocycles. The SMILES string of the molecule is Cc1nc(-c2ccccc2)sc1CNC(=O)C(CN)C(C)C. The minimum Gasteiger partial charge on any atom is -0.351 e. The molecule has 1 amide bonds. The summed E-state index contributed by atoms with van der Waals surface area (Å²) in [5.74, 6) is 0.126. The van der Waals surface area contributed by atoms with Crippen LogP contribution in [0.15, 0.2) is 30.3 Å². The molecule has 1 aromatic carbocycles. The lowest BCUT2D eigenvalue weighted by molar-refractivity contribution is -0.126. The highest BCUT2D eigenvalue weighted by molar-refractivity contribution is 7.15. The topological polar surface area (TPSA) is 68.0 Å². The number of nitrogens with one attached hydrogen (secondary N) is 1. The van der Waals surface area contributed by atoms with Crippen molar-refractivity contribution >= 4 is 17.2 Å². The zero-order chi connectivity index (χ0) is 16.1. The van der Waals surface area contributed by atoms with Gasteiger partial charge in [0.2, 0.25) is 5.91 Å². The Morgan fingerprint density at radius 1 is 1.32 bits per heavy atom. The van der Waals surface area contributed by atoms with E-state index in [0.29, 0.717) is 13.1 Å². The fraction of sp³-hybridized carbons (Fsp3) is 0.412. The molecule has 118 valence electrons. The quantitative estimate of drug-likeness (QED) is 0.860. The van der Waals surface area contributed by atoms with Crippen LogP contribution < -0.4 is 11.1 Å². The molecule has 0 fully saturated rings. The molecule has 0 aliphatic carbocycles. The maximum Gasteiger partial charge on any atom is 0.224 e. The number of aryl methyl sites for hydroxylation is 1. The summed E-state index contributed by atoms with van der Waals surface area (Å²) in [4.78, 5) is 17.9. The molecule has 2 rings (SSSR count). The Labute approximate surface area is 135 Å². The van der Waals surface area contributed by atoms with Crippen molar-refractivity contribution in [2.75, 3.05) is 6.54 Å². The molecule has 3 N–H and O–H groups in total. The lowest BCUT2D eigenvalue weighted by Gasteiger charge is -2.17. The highest BCUT2D eigenvalue weighted by atomic mass is 32.1. The predicted molar refractivity (Wildman–Crippen MR) is 91.5 cm³/mol. The lowest BCUT2D eigenvalue weighted by atomic mass is 9.95. The van der Waals surface area contributed by atoms with E-state index in [0.717, 1.165) is 21.1 Å². The van der Waals surface area contributed by atoms with Gasteiger partial charge in [0.05, 0.1) is 18.2 Å². The average Bonchev–Trinajstić information content (AvgIpc) is 2.87. The van der Waals surface area contributed by atoms with Gasteiger partial charge in [-0.25, -0.2) is 4.98 Å². The summed E-state index contributed by atoms with van der Waals surface area (Å²) in [5.41, 5.74) is 7.76. The van der Waals surface area contributed by atoms with E-state index in [4.69, 9.17) is 5.73 Å². The number of nitrogens with two attached hydrogens (primary N) is 1. The Kier molecular flexibility index (Phi) is 5.69. The average molecular weight is 317 g/mol. The van der Waals surface area contributed by atoms with Gasteiger partial charge in [0.25, 0.3) is 0 Å². The summed E-state index contributed by atoms with van der Waals surface area (Å²) >= 11 is 1.63. The Morgan fingerprint density at radius 2 is 2.00 bits per heavy atom. The number of hydrogen-bond donors (Lipinski definition) is 2. The molecule has 22 heavy (non-hydrogen) atoms. The Hall–Kier alpha value is -1.72. The number of aromatic nitrogens is 1. The van der Waals surface area contributed by atoms with Crippen molar-refractivity contribution in [2.24, 2.45) is 17.6 Å². The van der Waals surface area contributed by atoms with Crippen molar-refractivity contribution in [2.45, 2.75) is 27.3 Å². The number of nitrogens with zero attached hydrogens (tertiary/aromatic N) is 1. The fourth-order valence-corrected chi connectivity index (χ4v) is 3.28. The summed E-state index contributed by atoms with van der Waals surface area (Å²) < 4.78 is 0. The molecule has 0 spiro atoms. The summed E-state index contributed by atoms with van der Waals surface area (Å²) in [6.45, 7) is 6.90. The van der Waals surface area contributed by atoms with Gasteiger partial charge >= 0.3 is 0 Å². The molecule has 1 unspecified atom stereocenters. The molecule has 1 heterocycles.